The Morgan fingerprint density at radius 2 is 1.42 bits per heavy atom. The lowest BCUT2D eigenvalue weighted by Gasteiger charge is -2.32. The van der Waals surface area contributed by atoms with Crippen LogP contribution in [0.3, 0.4) is 0 Å². The second-order valence-corrected chi connectivity index (χ2v) is 4.38. The highest BCUT2D eigenvalue weighted by atomic mass is 19.4. The Balaban J connectivity index is 5.72. The van der Waals surface area contributed by atoms with Gasteiger partial charge < -0.3 is 14.4 Å². The van der Waals surface area contributed by atoms with Gasteiger partial charge in [-0.1, -0.05) is 0 Å². The number of carbonyl (C=O) groups excluding carboxylic acids is 3. The van der Waals surface area contributed by atoms with E-state index >= 15 is 0 Å². The van der Waals surface area contributed by atoms with Crippen molar-refractivity contribution in [3.63, 3.8) is 0 Å². The standard InChI is InChI=1S/C11H12F7NO5/c1-19(5(7(21)24-3)4-6(20)23-2)8(22)9(12,13)10(14,15)11(16,17)18/h5H,4H2,1-3H3. The Morgan fingerprint density at radius 1 is 0.958 bits per heavy atom. The molecule has 140 valence electrons. The van der Waals surface area contributed by atoms with Crippen LogP contribution >= 0.6 is 0 Å². The molecule has 0 aliphatic heterocycles. The fourth-order valence-electron chi connectivity index (χ4n) is 1.43. The smallest absolute Gasteiger partial charge is 0.460 e. The van der Waals surface area contributed by atoms with E-state index in [2.05, 4.69) is 9.47 Å². The Labute approximate surface area is 130 Å². The molecule has 13 heteroatoms. The first kappa shape index (κ1) is 21.9. The molecule has 0 saturated heterocycles. The first-order valence-electron chi connectivity index (χ1n) is 5.89. The second kappa shape index (κ2) is 7.21. The maximum absolute atomic E-state index is 13.4. The van der Waals surface area contributed by atoms with Crippen molar-refractivity contribution in [3.05, 3.63) is 0 Å². The van der Waals surface area contributed by atoms with Crippen LogP contribution in [0.25, 0.3) is 0 Å². The number of hydrogen-bond acceptors (Lipinski definition) is 5. The first-order chi connectivity index (χ1) is 10.6. The lowest BCUT2D eigenvalue weighted by atomic mass is 10.1. The predicted molar refractivity (Wildman–Crippen MR) is 61.2 cm³/mol. The predicted octanol–water partition coefficient (Wildman–Crippen LogP) is 1.38. The molecule has 0 aromatic carbocycles. The summed E-state index contributed by atoms with van der Waals surface area (Å²) in [6.45, 7) is 0. The largest absolute Gasteiger partial charge is 0.469 e. The third-order valence-electron chi connectivity index (χ3n) is 2.87. The van der Waals surface area contributed by atoms with E-state index in [0.717, 1.165) is 7.11 Å². The summed E-state index contributed by atoms with van der Waals surface area (Å²) in [5, 5.41) is 0. The fourth-order valence-corrected chi connectivity index (χ4v) is 1.43. The van der Waals surface area contributed by atoms with Gasteiger partial charge in [-0.25, -0.2) is 4.79 Å². The Hall–Kier alpha value is -2.08. The average Bonchev–Trinajstić information content (AvgIpc) is 2.48. The molecule has 0 bridgehead atoms. The third kappa shape index (κ3) is 4.06. The molecule has 0 heterocycles. The summed E-state index contributed by atoms with van der Waals surface area (Å²) >= 11 is 0. The number of alkyl halides is 7. The van der Waals surface area contributed by atoms with E-state index in [1.807, 2.05) is 0 Å². The number of ether oxygens (including phenoxy) is 2. The molecule has 24 heavy (non-hydrogen) atoms. The fraction of sp³-hybridized carbons (Fsp3) is 0.727. The third-order valence-corrected chi connectivity index (χ3v) is 2.87. The minimum atomic E-state index is -6.73. The molecular formula is C11H12F7NO5. The van der Waals surface area contributed by atoms with Crippen LogP contribution in [0.5, 0.6) is 0 Å². The summed E-state index contributed by atoms with van der Waals surface area (Å²) in [6, 6.07) is -2.19. The van der Waals surface area contributed by atoms with Crippen LogP contribution in [0, 0.1) is 0 Å². The molecule has 0 fully saturated rings. The van der Waals surface area contributed by atoms with E-state index in [9.17, 15) is 45.1 Å². The zero-order valence-corrected chi connectivity index (χ0v) is 12.4. The number of esters is 2. The summed E-state index contributed by atoms with van der Waals surface area (Å²) in [5.41, 5.74) is 0. The number of nitrogens with zero attached hydrogens (tertiary/aromatic N) is 1. The number of hydrogen-bond donors (Lipinski definition) is 0. The van der Waals surface area contributed by atoms with Gasteiger partial charge in [-0.3, -0.25) is 9.59 Å². The van der Waals surface area contributed by atoms with Gasteiger partial charge in [0, 0.05) is 7.05 Å². The number of carbonyl (C=O) groups is 3. The van der Waals surface area contributed by atoms with Gasteiger partial charge >= 0.3 is 35.9 Å². The van der Waals surface area contributed by atoms with Gasteiger partial charge in [0.1, 0.15) is 6.04 Å². The zero-order chi connectivity index (χ0) is 19.5. The second-order valence-electron chi connectivity index (χ2n) is 4.38. The molecule has 0 N–H and O–H groups in total. The highest BCUT2D eigenvalue weighted by Gasteiger charge is 2.77. The number of likely N-dealkylation sites (N-methyl/N-ethyl adjacent to an activating group) is 1. The molecule has 1 unspecified atom stereocenters. The van der Waals surface area contributed by atoms with Gasteiger partial charge in [-0.05, 0) is 0 Å². The van der Waals surface area contributed by atoms with Gasteiger partial charge in [0.05, 0.1) is 20.6 Å². The molecule has 6 nitrogen and oxygen atoms in total. The van der Waals surface area contributed by atoms with E-state index in [1.54, 1.807) is 0 Å². The van der Waals surface area contributed by atoms with Crippen molar-refractivity contribution in [1.29, 1.82) is 0 Å². The molecule has 0 aliphatic rings. The van der Waals surface area contributed by atoms with Gasteiger partial charge in [-0.2, -0.15) is 30.7 Å². The minimum Gasteiger partial charge on any atom is -0.469 e. The van der Waals surface area contributed by atoms with E-state index in [4.69, 9.17) is 0 Å². The van der Waals surface area contributed by atoms with Crippen LogP contribution in [-0.4, -0.2) is 68.1 Å². The van der Waals surface area contributed by atoms with E-state index in [0.29, 0.717) is 14.2 Å². The number of rotatable bonds is 6. The summed E-state index contributed by atoms with van der Waals surface area (Å²) in [7, 11) is 1.88. The molecule has 1 amide bonds. The Morgan fingerprint density at radius 3 is 1.75 bits per heavy atom. The van der Waals surface area contributed by atoms with Crippen molar-refractivity contribution in [2.45, 2.75) is 30.5 Å². The highest BCUT2D eigenvalue weighted by molar-refractivity contribution is 5.91. The summed E-state index contributed by atoms with van der Waals surface area (Å²) in [5.74, 6) is -18.7. The first-order valence-corrected chi connectivity index (χ1v) is 5.89. The summed E-state index contributed by atoms with van der Waals surface area (Å²) in [4.78, 5) is 33.5. The van der Waals surface area contributed by atoms with Gasteiger partial charge in [0.25, 0.3) is 0 Å². The topological polar surface area (TPSA) is 72.9 Å². The monoisotopic (exact) mass is 371 g/mol. The quantitative estimate of drug-likeness (QED) is 0.521. The lowest BCUT2D eigenvalue weighted by molar-refractivity contribution is -0.346. The maximum atomic E-state index is 13.4. The van der Waals surface area contributed by atoms with Crippen LogP contribution in [0.2, 0.25) is 0 Å². The Bertz CT molecular complexity index is 505. The van der Waals surface area contributed by atoms with Crippen molar-refractivity contribution in [2.75, 3.05) is 21.3 Å². The minimum absolute atomic E-state index is 0.341. The van der Waals surface area contributed by atoms with Crippen LogP contribution in [0.1, 0.15) is 6.42 Å². The van der Waals surface area contributed by atoms with Gasteiger partial charge in [-0.15, -0.1) is 0 Å². The highest BCUT2D eigenvalue weighted by Crippen LogP contribution is 2.47. The summed E-state index contributed by atoms with van der Waals surface area (Å²) < 4.78 is 96.9. The summed E-state index contributed by atoms with van der Waals surface area (Å²) in [6.07, 6.45) is -7.82. The Kier molecular flexibility index (Phi) is 6.59. The molecule has 0 aromatic heterocycles. The molecule has 0 rings (SSSR count). The van der Waals surface area contributed by atoms with Crippen molar-refractivity contribution in [3.8, 4) is 0 Å². The van der Waals surface area contributed by atoms with Crippen LogP contribution in [0.15, 0.2) is 0 Å². The van der Waals surface area contributed by atoms with Gasteiger partial charge in [0.2, 0.25) is 0 Å². The van der Waals surface area contributed by atoms with Crippen LogP contribution < -0.4 is 0 Å². The molecular weight excluding hydrogens is 359 g/mol. The lowest BCUT2D eigenvalue weighted by Crippen LogP contribution is -2.61. The van der Waals surface area contributed by atoms with Crippen molar-refractivity contribution in [2.24, 2.45) is 0 Å². The van der Waals surface area contributed by atoms with Gasteiger partial charge in [0.15, 0.2) is 0 Å². The van der Waals surface area contributed by atoms with Crippen molar-refractivity contribution >= 4 is 17.8 Å². The molecule has 0 aliphatic carbocycles. The normalized spacial score (nSPS) is 13.9. The van der Waals surface area contributed by atoms with Crippen LogP contribution in [-0.2, 0) is 23.9 Å². The van der Waals surface area contributed by atoms with E-state index < -0.39 is 53.2 Å². The van der Waals surface area contributed by atoms with E-state index in [-0.39, 0.29) is 0 Å². The van der Waals surface area contributed by atoms with Crippen molar-refractivity contribution in [1.82, 2.24) is 4.90 Å². The number of halogens is 7. The SMILES string of the molecule is COC(=O)CC(C(=O)OC)N(C)C(=O)C(F)(F)C(F)(F)C(F)(F)F. The molecule has 0 radical (unpaired) electrons. The van der Waals surface area contributed by atoms with E-state index in [1.165, 1.54) is 0 Å². The average molecular weight is 371 g/mol. The number of amides is 1. The number of methoxy groups -OCH3 is 2. The molecule has 0 aromatic rings. The maximum Gasteiger partial charge on any atom is 0.460 e. The molecule has 0 spiro atoms. The van der Waals surface area contributed by atoms with Crippen LogP contribution in [0.4, 0.5) is 30.7 Å². The molecule has 1 atom stereocenters. The zero-order valence-electron chi connectivity index (χ0n) is 12.4. The van der Waals surface area contributed by atoms with Crippen molar-refractivity contribution < 1.29 is 54.6 Å². The molecule has 0 saturated carbocycles.